The van der Waals surface area contributed by atoms with Crippen molar-refractivity contribution in [3.05, 3.63) is 33.9 Å². The van der Waals surface area contributed by atoms with Crippen molar-refractivity contribution in [2.24, 2.45) is 0 Å². The SMILES string of the molecule is COC(=O)COc1ccc(CN2C3CCNCC2CC3)cc1[N+](=O)[O-]. The molecule has 2 saturated heterocycles. The van der Waals surface area contributed by atoms with Crippen LogP contribution in [0.25, 0.3) is 0 Å². The Morgan fingerprint density at radius 3 is 2.92 bits per heavy atom. The van der Waals surface area contributed by atoms with E-state index in [0.29, 0.717) is 18.6 Å². The van der Waals surface area contributed by atoms with E-state index in [2.05, 4.69) is 15.0 Å². The molecule has 1 aromatic carbocycles. The summed E-state index contributed by atoms with van der Waals surface area (Å²) in [6, 6.07) is 5.96. The van der Waals surface area contributed by atoms with Crippen molar-refractivity contribution in [2.45, 2.75) is 37.9 Å². The maximum atomic E-state index is 11.4. The third kappa shape index (κ3) is 4.08. The van der Waals surface area contributed by atoms with Gasteiger partial charge in [0.25, 0.3) is 0 Å². The quantitative estimate of drug-likeness (QED) is 0.472. The standard InChI is InChI=1S/C17H23N3O5/c1-24-17(21)11-25-16-5-2-12(8-15(16)20(22)23)10-19-13-3-4-14(19)9-18-7-6-13/h2,5,8,13-14,18H,3-4,6-7,9-11H2,1H3. The summed E-state index contributed by atoms with van der Waals surface area (Å²) < 4.78 is 9.72. The number of fused-ring (bicyclic) bond motifs is 2. The highest BCUT2D eigenvalue weighted by Crippen LogP contribution is 2.32. The number of carbonyl (C=O) groups is 1. The highest BCUT2D eigenvalue weighted by Gasteiger charge is 2.34. The topological polar surface area (TPSA) is 93.9 Å². The number of carbonyl (C=O) groups excluding carboxylic acids is 1. The molecule has 1 N–H and O–H groups in total. The molecule has 3 rings (SSSR count). The van der Waals surface area contributed by atoms with Crippen molar-refractivity contribution in [3.63, 3.8) is 0 Å². The Morgan fingerprint density at radius 2 is 2.16 bits per heavy atom. The number of methoxy groups -OCH3 is 1. The first-order valence-electron chi connectivity index (χ1n) is 8.52. The number of ether oxygens (including phenoxy) is 2. The Bertz CT molecular complexity index is 637. The number of nitro groups is 1. The molecule has 8 nitrogen and oxygen atoms in total. The van der Waals surface area contributed by atoms with E-state index in [0.717, 1.165) is 25.1 Å². The van der Waals surface area contributed by atoms with Gasteiger partial charge in [-0.25, -0.2) is 4.79 Å². The van der Waals surface area contributed by atoms with Gasteiger partial charge in [-0.3, -0.25) is 15.0 Å². The lowest BCUT2D eigenvalue weighted by Gasteiger charge is -2.27. The molecule has 2 aliphatic heterocycles. The van der Waals surface area contributed by atoms with Gasteiger partial charge in [0.2, 0.25) is 0 Å². The summed E-state index contributed by atoms with van der Waals surface area (Å²) in [5, 5.41) is 14.8. The number of rotatable bonds is 6. The molecule has 25 heavy (non-hydrogen) atoms. The summed E-state index contributed by atoms with van der Waals surface area (Å²) >= 11 is 0. The van der Waals surface area contributed by atoms with Crippen LogP contribution >= 0.6 is 0 Å². The van der Waals surface area contributed by atoms with Gasteiger partial charge in [-0.2, -0.15) is 0 Å². The fourth-order valence-electron chi connectivity index (χ4n) is 3.67. The third-order valence-corrected chi connectivity index (χ3v) is 4.96. The van der Waals surface area contributed by atoms with Crippen LogP contribution in [0.15, 0.2) is 18.2 Å². The zero-order valence-corrected chi connectivity index (χ0v) is 14.3. The van der Waals surface area contributed by atoms with E-state index in [-0.39, 0.29) is 18.0 Å². The van der Waals surface area contributed by atoms with Crippen molar-refractivity contribution in [1.82, 2.24) is 10.2 Å². The van der Waals surface area contributed by atoms with Crippen LogP contribution in [0.3, 0.4) is 0 Å². The van der Waals surface area contributed by atoms with Gasteiger partial charge >= 0.3 is 11.7 Å². The molecule has 0 amide bonds. The van der Waals surface area contributed by atoms with Crippen LogP contribution in [0, 0.1) is 10.1 Å². The molecule has 2 aliphatic rings. The molecule has 2 fully saturated rings. The minimum absolute atomic E-state index is 0.0830. The van der Waals surface area contributed by atoms with Crippen LogP contribution in [0.2, 0.25) is 0 Å². The molecular formula is C17H23N3O5. The Morgan fingerprint density at radius 1 is 1.36 bits per heavy atom. The lowest BCUT2D eigenvalue weighted by Crippen LogP contribution is -2.37. The number of nitro benzene ring substituents is 1. The third-order valence-electron chi connectivity index (χ3n) is 4.96. The lowest BCUT2D eigenvalue weighted by molar-refractivity contribution is -0.385. The summed E-state index contributed by atoms with van der Waals surface area (Å²) in [4.78, 5) is 24.5. The molecule has 0 spiro atoms. The second-order valence-electron chi connectivity index (χ2n) is 6.47. The smallest absolute Gasteiger partial charge is 0.343 e. The molecule has 2 unspecified atom stereocenters. The predicted octanol–water partition coefficient (Wildman–Crippen LogP) is 1.47. The normalized spacial score (nSPS) is 23.1. The molecule has 8 heteroatoms. The van der Waals surface area contributed by atoms with E-state index in [1.807, 2.05) is 6.07 Å². The van der Waals surface area contributed by atoms with Gasteiger partial charge in [-0.05, 0) is 37.4 Å². The van der Waals surface area contributed by atoms with Gasteiger partial charge in [0.15, 0.2) is 12.4 Å². The highest BCUT2D eigenvalue weighted by atomic mass is 16.6. The lowest BCUT2D eigenvalue weighted by atomic mass is 10.1. The zero-order chi connectivity index (χ0) is 17.8. The van der Waals surface area contributed by atoms with Gasteiger partial charge in [-0.15, -0.1) is 0 Å². The number of benzene rings is 1. The minimum atomic E-state index is -0.577. The predicted molar refractivity (Wildman–Crippen MR) is 90.4 cm³/mol. The van der Waals surface area contributed by atoms with Crippen LogP contribution in [-0.4, -0.2) is 54.7 Å². The number of nitrogens with zero attached hydrogens (tertiary/aromatic N) is 2. The zero-order valence-electron chi connectivity index (χ0n) is 14.3. The summed E-state index contributed by atoms with van der Waals surface area (Å²) in [5.41, 5.74) is 0.762. The molecule has 0 saturated carbocycles. The van der Waals surface area contributed by atoms with Crippen molar-refractivity contribution < 1.29 is 19.2 Å². The van der Waals surface area contributed by atoms with Gasteiger partial charge in [0, 0.05) is 31.2 Å². The number of nitrogens with one attached hydrogen (secondary N) is 1. The summed E-state index contributed by atoms with van der Waals surface area (Å²) in [6.45, 7) is 2.34. The summed E-state index contributed by atoms with van der Waals surface area (Å²) in [5.74, 6) is -0.494. The van der Waals surface area contributed by atoms with E-state index in [9.17, 15) is 14.9 Å². The van der Waals surface area contributed by atoms with Crippen LogP contribution in [0.1, 0.15) is 24.8 Å². The van der Waals surface area contributed by atoms with Crippen molar-refractivity contribution in [1.29, 1.82) is 0 Å². The summed E-state index contributed by atoms with van der Waals surface area (Å²) in [6.07, 6.45) is 3.47. The van der Waals surface area contributed by atoms with Crippen LogP contribution in [0.5, 0.6) is 5.75 Å². The van der Waals surface area contributed by atoms with E-state index >= 15 is 0 Å². The van der Waals surface area contributed by atoms with Crippen LogP contribution in [-0.2, 0) is 16.1 Å². The fourth-order valence-corrected chi connectivity index (χ4v) is 3.67. The molecule has 0 aliphatic carbocycles. The van der Waals surface area contributed by atoms with E-state index in [1.54, 1.807) is 12.1 Å². The van der Waals surface area contributed by atoms with E-state index in [4.69, 9.17) is 4.74 Å². The monoisotopic (exact) mass is 349 g/mol. The number of esters is 1. The first-order valence-corrected chi connectivity index (χ1v) is 8.52. The Hall–Kier alpha value is -2.19. The van der Waals surface area contributed by atoms with Gasteiger partial charge in [0.05, 0.1) is 12.0 Å². The van der Waals surface area contributed by atoms with Crippen LogP contribution in [0.4, 0.5) is 5.69 Å². The summed E-state index contributed by atoms with van der Waals surface area (Å²) in [7, 11) is 1.24. The van der Waals surface area contributed by atoms with E-state index in [1.165, 1.54) is 20.0 Å². The molecule has 1 aromatic rings. The fraction of sp³-hybridized carbons (Fsp3) is 0.588. The molecule has 136 valence electrons. The average Bonchev–Trinajstić information content (AvgIpc) is 2.85. The molecule has 2 bridgehead atoms. The maximum Gasteiger partial charge on any atom is 0.343 e. The molecule has 0 aromatic heterocycles. The Balaban J connectivity index is 1.75. The molecule has 0 radical (unpaired) electrons. The maximum absolute atomic E-state index is 11.4. The van der Waals surface area contributed by atoms with Gasteiger partial charge in [-0.1, -0.05) is 6.07 Å². The Labute approximate surface area is 146 Å². The molecule has 2 atom stereocenters. The largest absolute Gasteiger partial charge is 0.475 e. The van der Waals surface area contributed by atoms with Gasteiger partial charge in [0.1, 0.15) is 0 Å². The van der Waals surface area contributed by atoms with E-state index < -0.39 is 10.9 Å². The number of hydrogen-bond acceptors (Lipinski definition) is 7. The number of hydrogen-bond donors (Lipinski definition) is 1. The van der Waals surface area contributed by atoms with Crippen molar-refractivity contribution >= 4 is 11.7 Å². The second kappa shape index (κ2) is 7.79. The first-order chi connectivity index (χ1) is 12.1. The first kappa shape index (κ1) is 17.6. The molecular weight excluding hydrogens is 326 g/mol. The van der Waals surface area contributed by atoms with Gasteiger partial charge < -0.3 is 14.8 Å². The van der Waals surface area contributed by atoms with Crippen molar-refractivity contribution in [2.75, 3.05) is 26.8 Å². The Kier molecular flexibility index (Phi) is 5.50. The van der Waals surface area contributed by atoms with Crippen LogP contribution < -0.4 is 10.1 Å². The molecule has 2 heterocycles. The van der Waals surface area contributed by atoms with Crippen molar-refractivity contribution in [3.8, 4) is 5.75 Å². The highest BCUT2D eigenvalue weighted by molar-refractivity contribution is 5.71. The average molecular weight is 349 g/mol. The second-order valence-corrected chi connectivity index (χ2v) is 6.47. The minimum Gasteiger partial charge on any atom is -0.475 e.